The van der Waals surface area contributed by atoms with E-state index in [9.17, 15) is 5.11 Å². The van der Waals surface area contributed by atoms with Gasteiger partial charge in [0, 0.05) is 6.42 Å². The van der Waals surface area contributed by atoms with Gasteiger partial charge >= 0.3 is 0 Å². The Morgan fingerprint density at radius 3 is 2.76 bits per heavy atom. The van der Waals surface area contributed by atoms with Crippen LogP contribution in [0.3, 0.4) is 0 Å². The summed E-state index contributed by atoms with van der Waals surface area (Å²) in [5.41, 5.74) is 2.15. The second-order valence-corrected chi connectivity index (χ2v) is 4.94. The van der Waals surface area contributed by atoms with E-state index in [1.165, 1.54) is 12.0 Å². The minimum absolute atomic E-state index is 0.0672. The molecule has 1 N–H and O–H groups in total. The third kappa shape index (κ3) is 1.94. The summed E-state index contributed by atoms with van der Waals surface area (Å²) in [5.74, 6) is 0.798. The van der Waals surface area contributed by atoms with E-state index < -0.39 is 6.10 Å². The fraction of sp³-hybridized carbons (Fsp3) is 0.571. The number of ether oxygens (including phenoxy) is 2. The highest BCUT2D eigenvalue weighted by molar-refractivity contribution is 5.41. The van der Waals surface area contributed by atoms with E-state index in [4.69, 9.17) is 9.47 Å². The van der Waals surface area contributed by atoms with Crippen LogP contribution < -0.4 is 4.74 Å². The molecule has 3 heteroatoms. The standard InChI is InChI=1S/C14H18O3/c1-16-11-6-5-9-7-13(14(15)12(9)8-11)17-10-3-2-4-10/h5-6,8,10,13-15H,2-4,7H2,1H3. The van der Waals surface area contributed by atoms with E-state index in [-0.39, 0.29) is 6.10 Å². The molecular weight excluding hydrogens is 216 g/mol. The van der Waals surface area contributed by atoms with Crippen LogP contribution in [-0.2, 0) is 11.2 Å². The molecule has 3 nitrogen and oxygen atoms in total. The van der Waals surface area contributed by atoms with Crippen LogP contribution in [-0.4, -0.2) is 24.4 Å². The summed E-state index contributed by atoms with van der Waals surface area (Å²) >= 11 is 0. The molecule has 3 rings (SSSR count). The zero-order valence-electron chi connectivity index (χ0n) is 10.1. The molecule has 0 aromatic heterocycles. The predicted octanol–water partition coefficient (Wildman–Crippen LogP) is 2.22. The fourth-order valence-electron chi connectivity index (χ4n) is 2.57. The van der Waals surface area contributed by atoms with Crippen LogP contribution in [0, 0.1) is 0 Å². The number of aliphatic hydroxyl groups is 1. The molecule has 1 fully saturated rings. The number of benzene rings is 1. The van der Waals surface area contributed by atoms with E-state index in [1.54, 1.807) is 7.11 Å². The van der Waals surface area contributed by atoms with E-state index in [0.29, 0.717) is 6.10 Å². The largest absolute Gasteiger partial charge is 0.497 e. The van der Waals surface area contributed by atoms with Gasteiger partial charge in [0.1, 0.15) is 11.9 Å². The van der Waals surface area contributed by atoms with Crippen LogP contribution in [0.5, 0.6) is 5.75 Å². The second kappa shape index (κ2) is 4.31. The third-order valence-electron chi connectivity index (χ3n) is 3.86. The van der Waals surface area contributed by atoms with E-state index in [2.05, 4.69) is 0 Å². The SMILES string of the molecule is COc1ccc2c(c1)C(O)C(OC1CCC1)C2. The first-order chi connectivity index (χ1) is 8.28. The van der Waals surface area contributed by atoms with E-state index >= 15 is 0 Å². The van der Waals surface area contributed by atoms with Gasteiger partial charge in [-0.15, -0.1) is 0 Å². The molecule has 0 spiro atoms. The highest BCUT2D eigenvalue weighted by atomic mass is 16.5. The molecule has 1 saturated carbocycles. The molecular formula is C14H18O3. The monoisotopic (exact) mass is 234 g/mol. The first-order valence-corrected chi connectivity index (χ1v) is 6.28. The molecule has 2 unspecified atom stereocenters. The number of hydrogen-bond donors (Lipinski definition) is 1. The third-order valence-corrected chi connectivity index (χ3v) is 3.86. The summed E-state index contributed by atoms with van der Waals surface area (Å²) in [5, 5.41) is 10.2. The van der Waals surface area contributed by atoms with Crippen LogP contribution in [0.1, 0.15) is 36.5 Å². The Balaban J connectivity index is 1.76. The average molecular weight is 234 g/mol. The molecule has 92 valence electrons. The molecule has 0 radical (unpaired) electrons. The highest BCUT2D eigenvalue weighted by Gasteiger charge is 2.35. The van der Waals surface area contributed by atoms with Crippen molar-refractivity contribution in [2.75, 3.05) is 7.11 Å². The van der Waals surface area contributed by atoms with Crippen LogP contribution in [0.2, 0.25) is 0 Å². The lowest BCUT2D eigenvalue weighted by atomic mass is 9.96. The maximum Gasteiger partial charge on any atom is 0.119 e. The number of hydrogen-bond acceptors (Lipinski definition) is 3. The number of fused-ring (bicyclic) bond motifs is 1. The van der Waals surface area contributed by atoms with Crippen LogP contribution in [0.25, 0.3) is 0 Å². The topological polar surface area (TPSA) is 38.7 Å². The summed E-state index contributed by atoms with van der Waals surface area (Å²) in [4.78, 5) is 0. The average Bonchev–Trinajstić information content (AvgIpc) is 2.61. The Morgan fingerprint density at radius 2 is 2.12 bits per heavy atom. The van der Waals surface area contributed by atoms with Gasteiger partial charge < -0.3 is 14.6 Å². The number of methoxy groups -OCH3 is 1. The lowest BCUT2D eigenvalue weighted by Gasteiger charge is -2.30. The summed E-state index contributed by atoms with van der Waals surface area (Å²) in [7, 11) is 1.64. The molecule has 0 amide bonds. The summed E-state index contributed by atoms with van der Waals surface area (Å²) in [6.45, 7) is 0. The van der Waals surface area contributed by atoms with Gasteiger partial charge in [0.2, 0.25) is 0 Å². The Bertz CT molecular complexity index is 412. The maximum atomic E-state index is 10.2. The molecule has 0 bridgehead atoms. The molecule has 17 heavy (non-hydrogen) atoms. The van der Waals surface area contributed by atoms with Crippen molar-refractivity contribution in [3.63, 3.8) is 0 Å². The second-order valence-electron chi connectivity index (χ2n) is 4.94. The van der Waals surface area contributed by atoms with Crippen molar-refractivity contribution in [1.29, 1.82) is 0 Å². The first-order valence-electron chi connectivity index (χ1n) is 6.28. The van der Waals surface area contributed by atoms with Gasteiger partial charge in [-0.3, -0.25) is 0 Å². The van der Waals surface area contributed by atoms with Crippen molar-refractivity contribution in [3.8, 4) is 5.75 Å². The molecule has 1 aromatic rings. The Labute approximate surface area is 101 Å². The summed E-state index contributed by atoms with van der Waals surface area (Å²) in [6, 6.07) is 5.89. The Morgan fingerprint density at radius 1 is 1.29 bits per heavy atom. The first kappa shape index (κ1) is 11.1. The fourth-order valence-corrected chi connectivity index (χ4v) is 2.57. The lowest BCUT2D eigenvalue weighted by Crippen LogP contribution is -2.30. The molecule has 0 aliphatic heterocycles. The lowest BCUT2D eigenvalue weighted by molar-refractivity contribution is -0.0952. The van der Waals surface area contributed by atoms with E-state index in [0.717, 1.165) is 30.6 Å². The molecule has 2 aliphatic carbocycles. The molecule has 2 aliphatic rings. The van der Waals surface area contributed by atoms with Crippen molar-refractivity contribution in [3.05, 3.63) is 29.3 Å². The van der Waals surface area contributed by atoms with E-state index in [1.807, 2.05) is 18.2 Å². The molecule has 0 heterocycles. The van der Waals surface area contributed by atoms with Gasteiger partial charge in [-0.05, 0) is 42.5 Å². The minimum atomic E-state index is -0.499. The smallest absolute Gasteiger partial charge is 0.119 e. The van der Waals surface area contributed by atoms with Gasteiger partial charge in [0.05, 0.1) is 19.3 Å². The minimum Gasteiger partial charge on any atom is -0.497 e. The Hall–Kier alpha value is -1.06. The van der Waals surface area contributed by atoms with Gasteiger partial charge in [-0.1, -0.05) is 6.07 Å². The van der Waals surface area contributed by atoms with Crippen molar-refractivity contribution in [1.82, 2.24) is 0 Å². The van der Waals surface area contributed by atoms with Gasteiger partial charge in [0.25, 0.3) is 0 Å². The summed E-state index contributed by atoms with van der Waals surface area (Å²) in [6.07, 6.45) is 4.16. The van der Waals surface area contributed by atoms with Crippen LogP contribution >= 0.6 is 0 Å². The predicted molar refractivity (Wildman–Crippen MR) is 64.2 cm³/mol. The van der Waals surface area contributed by atoms with Gasteiger partial charge in [0.15, 0.2) is 0 Å². The van der Waals surface area contributed by atoms with Gasteiger partial charge in [-0.2, -0.15) is 0 Å². The number of rotatable bonds is 3. The highest BCUT2D eigenvalue weighted by Crippen LogP contribution is 2.37. The molecule has 2 atom stereocenters. The quantitative estimate of drug-likeness (QED) is 0.871. The van der Waals surface area contributed by atoms with Crippen molar-refractivity contribution < 1.29 is 14.6 Å². The van der Waals surface area contributed by atoms with Crippen molar-refractivity contribution in [2.24, 2.45) is 0 Å². The Kier molecular flexibility index (Phi) is 2.81. The van der Waals surface area contributed by atoms with Crippen LogP contribution in [0.4, 0.5) is 0 Å². The number of aliphatic hydroxyl groups excluding tert-OH is 1. The van der Waals surface area contributed by atoms with Crippen molar-refractivity contribution >= 4 is 0 Å². The zero-order valence-corrected chi connectivity index (χ0v) is 10.1. The zero-order chi connectivity index (χ0) is 11.8. The molecule has 1 aromatic carbocycles. The molecule has 0 saturated heterocycles. The van der Waals surface area contributed by atoms with Gasteiger partial charge in [-0.25, -0.2) is 0 Å². The van der Waals surface area contributed by atoms with Crippen molar-refractivity contribution in [2.45, 2.75) is 44.0 Å². The maximum absolute atomic E-state index is 10.2. The summed E-state index contributed by atoms with van der Waals surface area (Å²) < 4.78 is 11.1. The normalized spacial score (nSPS) is 27.6. The van der Waals surface area contributed by atoms with Crippen LogP contribution in [0.15, 0.2) is 18.2 Å².